The zero-order valence-corrected chi connectivity index (χ0v) is 9.41. The standard InChI is InChI=1S/C12H18N2/c1-6-8-10-11(7-2)14(9-13-10)12(3,4)5/h6-9H,2H2,1,3-5H3/b8-6-. The maximum absolute atomic E-state index is 4.35. The molecule has 1 aromatic rings. The summed E-state index contributed by atoms with van der Waals surface area (Å²) in [6.07, 6.45) is 7.71. The van der Waals surface area contributed by atoms with Gasteiger partial charge in [-0.1, -0.05) is 12.7 Å². The Kier molecular flexibility index (Phi) is 2.94. The maximum atomic E-state index is 4.35. The lowest BCUT2D eigenvalue weighted by molar-refractivity contribution is 0.394. The first-order valence-electron chi connectivity index (χ1n) is 4.83. The molecule has 0 aliphatic rings. The number of allylic oxidation sites excluding steroid dienone is 1. The van der Waals surface area contributed by atoms with Crippen molar-refractivity contribution in [3.05, 3.63) is 30.4 Å². The van der Waals surface area contributed by atoms with Gasteiger partial charge in [0.2, 0.25) is 0 Å². The largest absolute Gasteiger partial charge is 0.325 e. The van der Waals surface area contributed by atoms with Gasteiger partial charge in [0.1, 0.15) is 0 Å². The third-order valence-corrected chi connectivity index (χ3v) is 2.07. The minimum atomic E-state index is 0.0519. The molecule has 0 atom stereocenters. The molecule has 0 spiro atoms. The van der Waals surface area contributed by atoms with Crippen molar-refractivity contribution < 1.29 is 0 Å². The zero-order valence-electron chi connectivity index (χ0n) is 9.41. The van der Waals surface area contributed by atoms with Gasteiger partial charge in [0.15, 0.2) is 0 Å². The minimum Gasteiger partial charge on any atom is -0.325 e. The molecule has 0 aromatic carbocycles. The van der Waals surface area contributed by atoms with Crippen LogP contribution in [0, 0.1) is 0 Å². The molecule has 1 aromatic heterocycles. The molecule has 0 N–H and O–H groups in total. The smallest absolute Gasteiger partial charge is 0.0963 e. The molecule has 1 heterocycles. The van der Waals surface area contributed by atoms with E-state index in [9.17, 15) is 0 Å². The molecule has 0 amide bonds. The first-order valence-corrected chi connectivity index (χ1v) is 4.83. The summed E-state index contributed by atoms with van der Waals surface area (Å²) in [6.45, 7) is 12.3. The Bertz CT molecular complexity index is 351. The fourth-order valence-corrected chi connectivity index (χ4v) is 1.40. The summed E-state index contributed by atoms with van der Waals surface area (Å²) in [5.41, 5.74) is 2.11. The second-order valence-corrected chi connectivity index (χ2v) is 4.26. The van der Waals surface area contributed by atoms with Gasteiger partial charge in [-0.05, 0) is 39.8 Å². The van der Waals surface area contributed by atoms with Crippen LogP contribution in [-0.2, 0) is 5.54 Å². The van der Waals surface area contributed by atoms with Crippen LogP contribution in [0.3, 0.4) is 0 Å². The average Bonchev–Trinajstić information content (AvgIpc) is 2.47. The molecule has 0 aliphatic heterocycles. The van der Waals surface area contributed by atoms with Gasteiger partial charge in [-0.2, -0.15) is 0 Å². The van der Waals surface area contributed by atoms with E-state index in [0.717, 1.165) is 11.4 Å². The van der Waals surface area contributed by atoms with Crippen molar-refractivity contribution in [1.29, 1.82) is 0 Å². The van der Waals surface area contributed by atoms with Crippen LogP contribution in [-0.4, -0.2) is 9.55 Å². The van der Waals surface area contributed by atoms with Crippen molar-refractivity contribution in [2.45, 2.75) is 33.2 Å². The lowest BCUT2D eigenvalue weighted by Gasteiger charge is -2.22. The first kappa shape index (κ1) is 10.8. The van der Waals surface area contributed by atoms with E-state index in [1.54, 1.807) is 0 Å². The second kappa shape index (κ2) is 3.82. The Morgan fingerprint density at radius 1 is 1.43 bits per heavy atom. The summed E-state index contributed by atoms with van der Waals surface area (Å²) in [5, 5.41) is 0. The van der Waals surface area contributed by atoms with E-state index in [1.807, 2.05) is 31.5 Å². The van der Waals surface area contributed by atoms with Crippen LogP contribution in [0.1, 0.15) is 39.1 Å². The summed E-state index contributed by atoms with van der Waals surface area (Å²) in [7, 11) is 0. The van der Waals surface area contributed by atoms with Crippen molar-refractivity contribution in [2.24, 2.45) is 0 Å². The Morgan fingerprint density at radius 2 is 2.07 bits per heavy atom. The molecule has 0 saturated carbocycles. The molecule has 0 radical (unpaired) electrons. The monoisotopic (exact) mass is 190 g/mol. The van der Waals surface area contributed by atoms with Gasteiger partial charge in [-0.25, -0.2) is 4.98 Å². The fourth-order valence-electron chi connectivity index (χ4n) is 1.40. The van der Waals surface area contributed by atoms with Crippen molar-refractivity contribution in [2.75, 3.05) is 0 Å². The molecule has 76 valence electrons. The summed E-state index contributed by atoms with van der Waals surface area (Å²) in [5.74, 6) is 0. The number of imidazole rings is 1. The van der Waals surface area contributed by atoms with Gasteiger partial charge in [-0.3, -0.25) is 0 Å². The van der Waals surface area contributed by atoms with Crippen LogP contribution >= 0.6 is 0 Å². The highest BCUT2D eigenvalue weighted by molar-refractivity contribution is 5.59. The van der Waals surface area contributed by atoms with E-state index in [-0.39, 0.29) is 5.54 Å². The molecular weight excluding hydrogens is 172 g/mol. The zero-order chi connectivity index (χ0) is 10.8. The van der Waals surface area contributed by atoms with Crippen molar-refractivity contribution in [1.82, 2.24) is 9.55 Å². The lowest BCUT2D eigenvalue weighted by atomic mass is 10.1. The highest BCUT2D eigenvalue weighted by Gasteiger charge is 2.17. The Hall–Kier alpha value is -1.31. The lowest BCUT2D eigenvalue weighted by Crippen LogP contribution is -2.22. The van der Waals surface area contributed by atoms with Crippen LogP contribution in [0.4, 0.5) is 0 Å². The third kappa shape index (κ3) is 1.95. The number of hydrogen-bond acceptors (Lipinski definition) is 1. The van der Waals surface area contributed by atoms with Crippen LogP contribution in [0.25, 0.3) is 12.2 Å². The molecule has 0 fully saturated rings. The van der Waals surface area contributed by atoms with Crippen molar-refractivity contribution in [3.63, 3.8) is 0 Å². The molecule has 0 saturated heterocycles. The van der Waals surface area contributed by atoms with Gasteiger partial charge < -0.3 is 4.57 Å². The highest BCUT2D eigenvalue weighted by atomic mass is 15.1. The SMILES string of the molecule is C=Cc1c(/C=C\C)ncn1C(C)(C)C. The van der Waals surface area contributed by atoms with Gasteiger partial charge in [0.25, 0.3) is 0 Å². The Labute approximate surface area is 86.0 Å². The van der Waals surface area contributed by atoms with Gasteiger partial charge in [0, 0.05) is 5.54 Å². The average molecular weight is 190 g/mol. The molecule has 2 nitrogen and oxygen atoms in total. The molecular formula is C12H18N2. The predicted octanol–water partition coefficient (Wildman–Crippen LogP) is 3.31. The molecule has 2 heteroatoms. The molecule has 14 heavy (non-hydrogen) atoms. The normalized spacial score (nSPS) is 12.3. The number of hydrogen-bond donors (Lipinski definition) is 0. The van der Waals surface area contributed by atoms with Crippen LogP contribution in [0.5, 0.6) is 0 Å². The second-order valence-electron chi connectivity index (χ2n) is 4.26. The highest BCUT2D eigenvalue weighted by Crippen LogP contribution is 2.20. The van der Waals surface area contributed by atoms with E-state index in [1.165, 1.54) is 0 Å². The van der Waals surface area contributed by atoms with E-state index in [4.69, 9.17) is 0 Å². The summed E-state index contributed by atoms with van der Waals surface area (Å²) < 4.78 is 2.13. The first-order chi connectivity index (χ1) is 6.50. The van der Waals surface area contributed by atoms with E-state index >= 15 is 0 Å². The summed E-state index contributed by atoms with van der Waals surface area (Å²) >= 11 is 0. The fraction of sp³-hybridized carbons (Fsp3) is 0.417. The van der Waals surface area contributed by atoms with Crippen LogP contribution in [0.15, 0.2) is 19.0 Å². The van der Waals surface area contributed by atoms with Crippen LogP contribution < -0.4 is 0 Å². The van der Waals surface area contributed by atoms with Crippen molar-refractivity contribution >= 4 is 12.2 Å². The topological polar surface area (TPSA) is 17.8 Å². The Balaban J connectivity index is 3.27. The number of rotatable bonds is 2. The molecule has 1 rings (SSSR count). The van der Waals surface area contributed by atoms with Crippen LogP contribution in [0.2, 0.25) is 0 Å². The summed E-state index contributed by atoms with van der Waals surface area (Å²) in [4.78, 5) is 4.35. The van der Waals surface area contributed by atoms with E-state index in [0.29, 0.717) is 0 Å². The van der Waals surface area contributed by atoms with Gasteiger partial charge in [0.05, 0.1) is 17.7 Å². The number of aromatic nitrogens is 2. The molecule has 0 unspecified atom stereocenters. The van der Waals surface area contributed by atoms with Gasteiger partial charge in [-0.15, -0.1) is 0 Å². The van der Waals surface area contributed by atoms with E-state index in [2.05, 4.69) is 36.9 Å². The predicted molar refractivity (Wildman–Crippen MR) is 62.0 cm³/mol. The van der Waals surface area contributed by atoms with Gasteiger partial charge >= 0.3 is 0 Å². The molecule has 0 aliphatic carbocycles. The third-order valence-electron chi connectivity index (χ3n) is 2.07. The Morgan fingerprint density at radius 3 is 2.50 bits per heavy atom. The van der Waals surface area contributed by atoms with Crippen molar-refractivity contribution in [3.8, 4) is 0 Å². The number of nitrogens with zero attached hydrogens (tertiary/aromatic N) is 2. The molecule has 0 bridgehead atoms. The summed E-state index contributed by atoms with van der Waals surface area (Å²) in [6, 6.07) is 0. The quantitative estimate of drug-likeness (QED) is 0.699. The van der Waals surface area contributed by atoms with E-state index < -0.39 is 0 Å². The minimum absolute atomic E-state index is 0.0519. The maximum Gasteiger partial charge on any atom is 0.0963 e.